The van der Waals surface area contributed by atoms with Crippen LogP contribution < -0.4 is 4.74 Å². The Bertz CT molecular complexity index is 5320. The van der Waals surface area contributed by atoms with Gasteiger partial charge >= 0.3 is 47.8 Å². The number of aliphatic hydroxyl groups is 2. The molecule has 112 heavy (non-hydrogen) atoms. The third kappa shape index (κ3) is 13.2. The molecule has 25 N–H and O–H groups in total. The number of fused-ring (bicyclic) bond motifs is 9. The van der Waals surface area contributed by atoms with Gasteiger partial charge in [0.2, 0.25) is 53.2 Å². The highest BCUT2D eigenvalue weighted by Gasteiger charge is 2.57. The fourth-order valence-corrected chi connectivity index (χ4v) is 11.8. The average molecular weight is 1570 g/mol. The first-order chi connectivity index (χ1) is 52.7. The molecule has 44 heteroatoms. The molecule has 44 nitrogen and oxygen atoms in total. The Hall–Kier alpha value is -15.4. The molecule has 0 aromatic heterocycles. The SMILES string of the molecule is O=C(OC[C@@H]1O[C@@H](OC(=O)c2cc(O)c(O)c(O)c2)[C@@H](O)[C@@H](O)[C@H]1OC(=O)c1cc(O)c(O)c(O)c1Oc1cc2c(c(O)c1O)-c1c(cc(O)c(O)c1O)C(=O)O[C@@H]1[C@H](OC(=O)c3cc(O)c(O)c(O)c3)O[C@H]3COC(=O)c4cc(O)c(O)c(O)c4-c4c(cc(O)c(O)c4O)C(=O)O[C@H]3[C@H]1OC2=O)c1cc(O)c(O)c(O)c1. The van der Waals surface area contributed by atoms with Crippen LogP contribution in [0.2, 0.25) is 0 Å². The standard InChI is InChI=1S/C68H50O44/c69-22-1-14(2-23(70)39(22)79)59(94)102-12-33-55(52(92)53(93)67(105-33)111-60(95)15-3-24(71)40(80)25(72)4-15)107-66(101)21-10-31(78)45(85)51(91)54(21)104-32-11-20-38(50(90)46(32)86)37-19(9-30(77)44(84)49(37)89)64(99)110-58-57(109-65(20)100)56-34(106-68(58)112-61(96)16-5-26(73)41(81)27(74)6-16)13-103-62(97)17-7-28(75)42(82)47(87)35(17)36-18(63(98)108-56)8-29(76)43(83)48(36)88/h1-11,33-34,52-53,55-58,67-93H,12-13H2/t33-,34-,52+,53-,55-,56+,57+,58-,67-,68-/m0/s1. The van der Waals surface area contributed by atoms with Crippen molar-refractivity contribution >= 4 is 47.8 Å². The quantitative estimate of drug-likeness (QED) is 0.0498. The van der Waals surface area contributed by atoms with E-state index in [1.165, 1.54) is 0 Å². The molecule has 0 bridgehead atoms. The first kappa shape index (κ1) is 76.2. The van der Waals surface area contributed by atoms with Crippen molar-refractivity contribution in [3.05, 3.63) is 111 Å². The molecule has 0 amide bonds. The van der Waals surface area contributed by atoms with Gasteiger partial charge in [-0.2, -0.15) is 0 Å². The predicted octanol–water partition coefficient (Wildman–Crippen LogP) is 1.77. The largest absolute Gasteiger partial charge is 0.504 e. The van der Waals surface area contributed by atoms with Crippen molar-refractivity contribution in [2.24, 2.45) is 0 Å². The van der Waals surface area contributed by atoms with E-state index < -0.39 is 333 Å². The van der Waals surface area contributed by atoms with E-state index in [0.29, 0.717) is 48.5 Å². The molecule has 12 rings (SSSR count). The van der Waals surface area contributed by atoms with Crippen LogP contribution in [-0.4, -0.2) is 250 Å². The molecule has 2 saturated heterocycles. The predicted molar refractivity (Wildman–Crippen MR) is 345 cm³/mol. The Kier molecular flexibility index (Phi) is 19.3. The van der Waals surface area contributed by atoms with E-state index in [2.05, 4.69) is 0 Å². The Balaban J connectivity index is 0.978. The number of benzene rings is 8. The molecule has 0 saturated carbocycles. The topological polar surface area (TPSA) is 744 Å². The summed E-state index contributed by atoms with van der Waals surface area (Å²) in [6.07, 6.45) is -26.3. The molecular weight excluding hydrogens is 1520 g/mol. The number of carbonyl (C=O) groups excluding carboxylic acids is 8. The summed E-state index contributed by atoms with van der Waals surface area (Å²) in [6.45, 7) is -2.82. The fourth-order valence-electron chi connectivity index (χ4n) is 11.8. The molecule has 8 aromatic rings. The third-order valence-corrected chi connectivity index (χ3v) is 17.3. The molecule has 0 radical (unpaired) electrons. The van der Waals surface area contributed by atoms with E-state index in [0.717, 1.165) is 0 Å². The molecule has 4 heterocycles. The van der Waals surface area contributed by atoms with Gasteiger partial charge in [0.1, 0.15) is 43.2 Å². The lowest BCUT2D eigenvalue weighted by atomic mass is 9.91. The Morgan fingerprint density at radius 1 is 0.348 bits per heavy atom. The maximum absolute atomic E-state index is 15.6. The lowest BCUT2D eigenvalue weighted by Crippen LogP contribution is -2.63. The Labute approximate surface area is 616 Å². The van der Waals surface area contributed by atoms with Crippen molar-refractivity contribution in [1.82, 2.24) is 0 Å². The van der Waals surface area contributed by atoms with Crippen LogP contribution in [0.25, 0.3) is 22.3 Å². The van der Waals surface area contributed by atoms with E-state index in [9.17, 15) is 156 Å². The van der Waals surface area contributed by atoms with E-state index in [1.807, 2.05) is 0 Å². The summed E-state index contributed by atoms with van der Waals surface area (Å²) in [7, 11) is 0. The van der Waals surface area contributed by atoms with Gasteiger partial charge in [-0.15, -0.1) is 0 Å². The van der Waals surface area contributed by atoms with Crippen molar-refractivity contribution in [2.45, 2.75) is 61.4 Å². The minimum absolute atomic E-state index is 0.182. The van der Waals surface area contributed by atoms with Gasteiger partial charge in [0.15, 0.2) is 128 Å². The van der Waals surface area contributed by atoms with Crippen LogP contribution in [0.5, 0.6) is 144 Å². The van der Waals surface area contributed by atoms with E-state index in [4.69, 9.17) is 52.1 Å². The number of cyclic esters (lactones) is 1. The van der Waals surface area contributed by atoms with E-state index >= 15 is 9.59 Å². The van der Waals surface area contributed by atoms with Crippen LogP contribution in [0.4, 0.5) is 0 Å². The summed E-state index contributed by atoms with van der Waals surface area (Å²) >= 11 is 0. The van der Waals surface area contributed by atoms with Crippen LogP contribution >= 0.6 is 0 Å². The summed E-state index contributed by atoms with van der Waals surface area (Å²) in [5.74, 6) is -50.7. The van der Waals surface area contributed by atoms with Crippen LogP contribution in [0.15, 0.2) is 66.7 Å². The Morgan fingerprint density at radius 3 is 1.17 bits per heavy atom. The summed E-state index contributed by atoms with van der Waals surface area (Å²) in [5.41, 5.74) is -14.4. The highest BCUT2D eigenvalue weighted by molar-refractivity contribution is 6.10. The van der Waals surface area contributed by atoms with Gasteiger partial charge in [-0.05, 0) is 54.6 Å². The summed E-state index contributed by atoms with van der Waals surface area (Å²) < 4.78 is 61.4. The minimum Gasteiger partial charge on any atom is -0.504 e. The van der Waals surface area contributed by atoms with Crippen molar-refractivity contribution in [1.29, 1.82) is 0 Å². The number of esters is 8. The molecule has 2 fully saturated rings. The van der Waals surface area contributed by atoms with Crippen molar-refractivity contribution in [3.8, 4) is 166 Å². The summed E-state index contributed by atoms with van der Waals surface area (Å²) in [6, 6.07) is 4.39. The first-order valence-electron chi connectivity index (χ1n) is 31.1. The number of aromatic hydroxyl groups is 23. The highest BCUT2D eigenvalue weighted by atomic mass is 16.8. The number of hydrogen-bond donors (Lipinski definition) is 25. The highest BCUT2D eigenvalue weighted by Crippen LogP contribution is 2.58. The normalized spacial score (nSPS) is 20.6. The van der Waals surface area contributed by atoms with Gasteiger partial charge < -0.3 is 180 Å². The number of aliphatic hydroxyl groups excluding tert-OH is 2. The van der Waals surface area contributed by atoms with Gasteiger partial charge in [0.05, 0.1) is 38.9 Å². The van der Waals surface area contributed by atoms with Gasteiger partial charge in [0, 0.05) is 34.4 Å². The monoisotopic (exact) mass is 1570 g/mol. The molecule has 10 atom stereocenters. The second-order valence-electron chi connectivity index (χ2n) is 24.3. The van der Waals surface area contributed by atoms with Crippen molar-refractivity contribution in [3.63, 3.8) is 0 Å². The van der Waals surface area contributed by atoms with Crippen molar-refractivity contribution in [2.75, 3.05) is 13.2 Å². The first-order valence-corrected chi connectivity index (χ1v) is 31.1. The molecule has 586 valence electrons. The average Bonchev–Trinajstić information content (AvgIpc) is 0.933. The summed E-state index contributed by atoms with van der Waals surface area (Å²) in [4.78, 5) is 116. The lowest BCUT2D eigenvalue weighted by Gasteiger charge is -2.44. The molecule has 0 aliphatic carbocycles. The zero-order valence-corrected chi connectivity index (χ0v) is 55.0. The van der Waals surface area contributed by atoms with Crippen LogP contribution in [0.3, 0.4) is 0 Å². The number of hydrogen-bond acceptors (Lipinski definition) is 44. The summed E-state index contributed by atoms with van der Waals surface area (Å²) in [5, 5.41) is 271. The second kappa shape index (κ2) is 28.4. The van der Waals surface area contributed by atoms with Gasteiger partial charge in [-0.1, -0.05) is 0 Å². The zero-order valence-electron chi connectivity index (χ0n) is 55.0. The van der Waals surface area contributed by atoms with Gasteiger partial charge in [0.25, 0.3) is 0 Å². The van der Waals surface area contributed by atoms with Crippen LogP contribution in [0, 0.1) is 0 Å². The molecule has 0 spiro atoms. The maximum Gasteiger partial charge on any atom is 0.342 e. The third-order valence-electron chi connectivity index (χ3n) is 17.3. The van der Waals surface area contributed by atoms with Gasteiger partial charge in [-0.3, -0.25) is 0 Å². The second-order valence-corrected chi connectivity index (χ2v) is 24.3. The molecule has 0 unspecified atom stereocenters. The Morgan fingerprint density at radius 2 is 0.714 bits per heavy atom. The fraction of sp³-hybridized carbons (Fsp3) is 0.176. The zero-order chi connectivity index (χ0) is 81.7. The number of carbonyl (C=O) groups is 8. The van der Waals surface area contributed by atoms with E-state index in [1.54, 1.807) is 0 Å². The minimum atomic E-state index is -2.87. The number of phenols is 23. The van der Waals surface area contributed by atoms with Crippen LogP contribution in [-0.2, 0) is 47.4 Å². The van der Waals surface area contributed by atoms with Gasteiger partial charge in [-0.25, -0.2) is 38.4 Å². The number of phenolic OH excluding ortho intramolecular Hbond substituents is 23. The number of rotatable bonds is 11. The molecule has 8 aromatic carbocycles. The molecular formula is C68H50O44. The maximum atomic E-state index is 15.6. The molecule has 4 aliphatic rings. The lowest BCUT2D eigenvalue weighted by molar-refractivity contribution is -0.284. The molecule has 4 aliphatic heterocycles. The van der Waals surface area contributed by atoms with Crippen LogP contribution in [0.1, 0.15) is 82.9 Å². The van der Waals surface area contributed by atoms with Crippen molar-refractivity contribution < 1.29 is 218 Å². The smallest absolute Gasteiger partial charge is 0.342 e. The number of ether oxygens (including phenoxy) is 11. The van der Waals surface area contributed by atoms with E-state index in [-0.39, 0.29) is 18.2 Å².